The van der Waals surface area contributed by atoms with Crippen molar-refractivity contribution in [3.05, 3.63) is 35.9 Å². The van der Waals surface area contributed by atoms with Gasteiger partial charge in [-0.25, -0.2) is 4.98 Å². The average molecular weight is 285 g/mol. The first kappa shape index (κ1) is 15.8. The highest BCUT2D eigenvalue weighted by Gasteiger charge is 2.13. The Kier molecular flexibility index (Phi) is 5.18. The lowest BCUT2D eigenvalue weighted by molar-refractivity contribution is 0.212. The summed E-state index contributed by atoms with van der Waals surface area (Å²) < 4.78 is 0. The number of aromatic nitrogens is 1. The van der Waals surface area contributed by atoms with Gasteiger partial charge in [0.2, 0.25) is 0 Å². The maximum atomic E-state index is 6.16. The van der Waals surface area contributed by atoms with Crippen molar-refractivity contribution in [1.29, 1.82) is 0 Å². The van der Waals surface area contributed by atoms with Gasteiger partial charge in [-0.15, -0.1) is 0 Å². The number of fused-ring (bicyclic) bond motifs is 1. The first-order chi connectivity index (χ1) is 9.95. The molecule has 0 fully saturated rings. The molecule has 1 aromatic heterocycles. The highest BCUT2D eigenvalue weighted by atomic mass is 15.1. The Balaban J connectivity index is 2.24. The van der Waals surface area contributed by atoms with E-state index in [4.69, 9.17) is 5.73 Å². The lowest BCUT2D eigenvalue weighted by atomic mass is 10.1. The van der Waals surface area contributed by atoms with Crippen molar-refractivity contribution >= 4 is 16.7 Å². The molecule has 0 aliphatic heterocycles. The zero-order valence-corrected chi connectivity index (χ0v) is 13.6. The highest BCUT2D eigenvalue weighted by Crippen LogP contribution is 2.20. The van der Waals surface area contributed by atoms with Crippen molar-refractivity contribution in [2.24, 2.45) is 11.8 Å². The van der Waals surface area contributed by atoms with Crippen LogP contribution in [-0.4, -0.2) is 23.0 Å². The van der Waals surface area contributed by atoms with Crippen LogP contribution in [0, 0.1) is 11.8 Å². The number of pyridine rings is 1. The summed E-state index contributed by atoms with van der Waals surface area (Å²) in [5, 5.41) is 1.16. The first-order valence-electron chi connectivity index (χ1n) is 7.82. The Labute approximate surface area is 128 Å². The van der Waals surface area contributed by atoms with Gasteiger partial charge >= 0.3 is 0 Å². The molecule has 0 unspecified atom stereocenters. The molecule has 3 heteroatoms. The monoisotopic (exact) mass is 285 g/mol. The smallest absolute Gasteiger partial charge is 0.128 e. The molecule has 0 amide bonds. The van der Waals surface area contributed by atoms with Gasteiger partial charge in [-0.2, -0.15) is 0 Å². The van der Waals surface area contributed by atoms with Gasteiger partial charge < -0.3 is 5.73 Å². The Bertz CT molecular complexity index is 580. The molecular weight excluding hydrogens is 258 g/mol. The Morgan fingerprint density at radius 1 is 1.05 bits per heavy atom. The molecule has 3 nitrogen and oxygen atoms in total. The zero-order valence-electron chi connectivity index (χ0n) is 13.6. The number of nitrogens with two attached hydrogens (primary N) is 1. The van der Waals surface area contributed by atoms with Crippen LogP contribution in [0.3, 0.4) is 0 Å². The molecule has 114 valence electrons. The highest BCUT2D eigenvalue weighted by molar-refractivity contribution is 5.81. The van der Waals surface area contributed by atoms with Crippen LogP contribution in [0.4, 0.5) is 5.82 Å². The lowest BCUT2D eigenvalue weighted by Crippen LogP contribution is -2.31. The van der Waals surface area contributed by atoms with Gasteiger partial charge in [0.1, 0.15) is 5.82 Å². The fraction of sp³-hybridized carbons (Fsp3) is 0.500. The number of hydrogen-bond acceptors (Lipinski definition) is 3. The van der Waals surface area contributed by atoms with Crippen LogP contribution in [0.5, 0.6) is 0 Å². The van der Waals surface area contributed by atoms with Crippen molar-refractivity contribution in [3.63, 3.8) is 0 Å². The molecule has 0 atom stereocenters. The third-order valence-electron chi connectivity index (χ3n) is 3.48. The van der Waals surface area contributed by atoms with E-state index < -0.39 is 0 Å². The normalized spacial score (nSPS) is 12.0. The molecule has 0 bridgehead atoms. The van der Waals surface area contributed by atoms with Crippen LogP contribution in [0.15, 0.2) is 30.3 Å². The molecule has 1 heterocycles. The Hall–Kier alpha value is -1.61. The molecular formula is C18H27N3. The fourth-order valence-electron chi connectivity index (χ4n) is 2.78. The predicted octanol–water partition coefficient (Wildman–Crippen LogP) is 3.93. The van der Waals surface area contributed by atoms with E-state index in [1.54, 1.807) is 0 Å². The number of hydrogen-bond donors (Lipinski definition) is 1. The van der Waals surface area contributed by atoms with E-state index in [0.717, 1.165) is 36.1 Å². The summed E-state index contributed by atoms with van der Waals surface area (Å²) in [6, 6.07) is 10.3. The Morgan fingerprint density at radius 3 is 2.29 bits per heavy atom. The second kappa shape index (κ2) is 6.90. The summed E-state index contributed by atoms with van der Waals surface area (Å²) in [5.41, 5.74) is 8.26. The molecule has 0 spiro atoms. The summed E-state index contributed by atoms with van der Waals surface area (Å²) in [6.45, 7) is 12.1. The van der Waals surface area contributed by atoms with Crippen molar-refractivity contribution in [2.75, 3.05) is 18.8 Å². The molecule has 0 saturated heterocycles. The van der Waals surface area contributed by atoms with Gasteiger partial charge in [-0.1, -0.05) is 45.9 Å². The van der Waals surface area contributed by atoms with Crippen molar-refractivity contribution in [3.8, 4) is 0 Å². The number of nitrogen functional groups attached to an aromatic ring is 1. The second-order valence-corrected chi connectivity index (χ2v) is 6.71. The molecule has 0 aliphatic carbocycles. The fourth-order valence-corrected chi connectivity index (χ4v) is 2.78. The SMILES string of the molecule is CC(C)CN(Cc1cc2ccccc2nc1N)CC(C)C. The number of rotatable bonds is 6. The largest absolute Gasteiger partial charge is 0.383 e. The van der Waals surface area contributed by atoms with Crippen LogP contribution < -0.4 is 5.73 Å². The minimum Gasteiger partial charge on any atom is -0.383 e. The number of para-hydroxylation sites is 1. The van der Waals surface area contributed by atoms with E-state index >= 15 is 0 Å². The van der Waals surface area contributed by atoms with E-state index in [1.165, 1.54) is 0 Å². The molecule has 2 rings (SSSR count). The molecule has 0 aliphatic rings. The number of benzene rings is 1. The third-order valence-corrected chi connectivity index (χ3v) is 3.48. The minimum absolute atomic E-state index is 0.651. The molecule has 0 saturated carbocycles. The van der Waals surface area contributed by atoms with E-state index in [1.807, 2.05) is 18.2 Å². The summed E-state index contributed by atoms with van der Waals surface area (Å²) in [4.78, 5) is 7.02. The summed E-state index contributed by atoms with van der Waals surface area (Å²) in [7, 11) is 0. The summed E-state index contributed by atoms with van der Waals surface area (Å²) >= 11 is 0. The summed E-state index contributed by atoms with van der Waals surface area (Å²) in [5.74, 6) is 1.96. The molecule has 2 aromatic rings. The second-order valence-electron chi connectivity index (χ2n) is 6.71. The van der Waals surface area contributed by atoms with Gasteiger partial charge in [0, 0.05) is 30.6 Å². The first-order valence-corrected chi connectivity index (χ1v) is 7.82. The van der Waals surface area contributed by atoms with E-state index in [0.29, 0.717) is 17.7 Å². The van der Waals surface area contributed by atoms with Gasteiger partial charge in [-0.3, -0.25) is 4.90 Å². The predicted molar refractivity (Wildman–Crippen MR) is 91.1 cm³/mol. The van der Waals surface area contributed by atoms with Crippen LogP contribution in [0.2, 0.25) is 0 Å². The van der Waals surface area contributed by atoms with Crippen molar-refractivity contribution in [2.45, 2.75) is 34.2 Å². The Morgan fingerprint density at radius 2 is 1.67 bits per heavy atom. The van der Waals surface area contributed by atoms with Gasteiger partial charge in [0.15, 0.2) is 0 Å². The third kappa shape index (κ3) is 4.43. The minimum atomic E-state index is 0.651. The van der Waals surface area contributed by atoms with E-state index in [9.17, 15) is 0 Å². The zero-order chi connectivity index (χ0) is 15.4. The quantitative estimate of drug-likeness (QED) is 0.874. The van der Waals surface area contributed by atoms with Crippen LogP contribution in [-0.2, 0) is 6.54 Å². The molecule has 21 heavy (non-hydrogen) atoms. The maximum absolute atomic E-state index is 6.16. The lowest BCUT2D eigenvalue weighted by Gasteiger charge is -2.26. The number of nitrogens with zero attached hydrogens (tertiary/aromatic N) is 2. The van der Waals surface area contributed by atoms with E-state index in [-0.39, 0.29) is 0 Å². The average Bonchev–Trinajstić information content (AvgIpc) is 2.38. The molecule has 1 aromatic carbocycles. The van der Waals surface area contributed by atoms with Crippen LogP contribution in [0.25, 0.3) is 10.9 Å². The van der Waals surface area contributed by atoms with Crippen molar-refractivity contribution < 1.29 is 0 Å². The topological polar surface area (TPSA) is 42.2 Å². The standard InChI is InChI=1S/C18H27N3/c1-13(2)10-21(11-14(3)4)12-16-9-15-7-5-6-8-17(15)20-18(16)19/h5-9,13-14H,10-12H2,1-4H3,(H2,19,20). The van der Waals surface area contributed by atoms with Gasteiger partial charge in [0.05, 0.1) is 5.52 Å². The van der Waals surface area contributed by atoms with E-state index in [2.05, 4.69) is 49.7 Å². The van der Waals surface area contributed by atoms with Gasteiger partial charge in [-0.05, 0) is 24.0 Å². The van der Waals surface area contributed by atoms with Crippen LogP contribution in [0.1, 0.15) is 33.3 Å². The maximum Gasteiger partial charge on any atom is 0.128 e. The molecule has 2 N–H and O–H groups in total. The van der Waals surface area contributed by atoms with Crippen LogP contribution >= 0.6 is 0 Å². The summed E-state index contributed by atoms with van der Waals surface area (Å²) in [6.07, 6.45) is 0. The number of anilines is 1. The van der Waals surface area contributed by atoms with Crippen molar-refractivity contribution in [1.82, 2.24) is 9.88 Å². The van der Waals surface area contributed by atoms with Gasteiger partial charge in [0.25, 0.3) is 0 Å². The molecule has 0 radical (unpaired) electrons.